The summed E-state index contributed by atoms with van der Waals surface area (Å²) in [6.07, 6.45) is 2.34. The van der Waals surface area contributed by atoms with Crippen LogP contribution in [0.5, 0.6) is 5.75 Å². The number of hydrogen-bond acceptors (Lipinski definition) is 6. The number of piperidine rings is 1. The van der Waals surface area contributed by atoms with Gasteiger partial charge in [-0.1, -0.05) is 51.1 Å². The maximum absolute atomic E-state index is 12.5. The van der Waals surface area contributed by atoms with E-state index in [-0.39, 0.29) is 17.1 Å². The van der Waals surface area contributed by atoms with Crippen LogP contribution in [0.3, 0.4) is 0 Å². The molecule has 3 aliphatic heterocycles. The molecule has 36 heavy (non-hydrogen) atoms. The number of carbonyl (C=O) groups is 1. The predicted molar refractivity (Wildman–Crippen MR) is 140 cm³/mol. The summed E-state index contributed by atoms with van der Waals surface area (Å²) in [5, 5.41) is 2.23. The van der Waals surface area contributed by atoms with Crippen LogP contribution in [0.25, 0.3) is 11.1 Å². The number of hydrogen-bond donors (Lipinski definition) is 1. The minimum atomic E-state index is -0.212. The zero-order valence-corrected chi connectivity index (χ0v) is 21.8. The Balaban J connectivity index is 1.16. The van der Waals surface area contributed by atoms with Crippen molar-refractivity contribution in [1.82, 2.24) is 15.3 Å². The average molecular weight is 494 g/mol. The molecule has 2 saturated heterocycles. The molecule has 2 aromatic rings. The zero-order valence-electron chi connectivity index (χ0n) is 21.8. The second-order valence-corrected chi connectivity index (χ2v) is 11.5. The maximum Gasteiger partial charge on any atom is 0.409 e. The number of likely N-dealkylation sites (tertiary alicyclic amines) is 1. The number of nitrogens with one attached hydrogen (secondary N) is 1. The molecule has 5 rings (SSSR count). The van der Waals surface area contributed by atoms with E-state index in [0.29, 0.717) is 19.7 Å². The summed E-state index contributed by atoms with van der Waals surface area (Å²) < 4.78 is 17.4. The SMILES string of the molecule is CC(C)(C)COC(=O)N1CCC2(CC1)Cc1cc(-c3ccc(CNN4CCOCC4)cc3)ccc1O2. The van der Waals surface area contributed by atoms with E-state index in [0.717, 1.165) is 57.9 Å². The van der Waals surface area contributed by atoms with E-state index < -0.39 is 0 Å². The van der Waals surface area contributed by atoms with Gasteiger partial charge in [0.05, 0.1) is 19.8 Å². The van der Waals surface area contributed by atoms with E-state index in [1.807, 2.05) is 4.90 Å². The number of hydrazine groups is 1. The Morgan fingerprint density at radius 3 is 2.39 bits per heavy atom. The fourth-order valence-corrected chi connectivity index (χ4v) is 5.10. The van der Waals surface area contributed by atoms with Crippen molar-refractivity contribution in [1.29, 1.82) is 0 Å². The van der Waals surface area contributed by atoms with E-state index >= 15 is 0 Å². The molecule has 7 heteroatoms. The topological polar surface area (TPSA) is 63.3 Å². The third-order valence-corrected chi connectivity index (χ3v) is 7.27. The Kier molecular flexibility index (Phi) is 7.24. The highest BCUT2D eigenvalue weighted by Crippen LogP contribution is 2.42. The number of fused-ring (bicyclic) bond motifs is 1. The van der Waals surface area contributed by atoms with Crippen LogP contribution in [0.2, 0.25) is 0 Å². The van der Waals surface area contributed by atoms with E-state index in [2.05, 4.69) is 73.7 Å². The molecule has 3 heterocycles. The Labute approximate surface area is 214 Å². The standard InChI is InChI=1S/C29H39N3O4/c1-28(2,3)21-35-27(33)31-12-10-29(11-13-31)19-25-18-24(8-9-26(25)36-29)23-6-4-22(5-7-23)20-30-32-14-16-34-17-15-32/h4-9,18,30H,10-17,19-21H2,1-3H3. The zero-order chi connectivity index (χ0) is 25.2. The number of nitrogens with zero attached hydrogens (tertiary/aromatic N) is 2. The lowest BCUT2D eigenvalue weighted by molar-refractivity contribution is 0.00953. The van der Waals surface area contributed by atoms with Gasteiger partial charge in [-0.3, -0.25) is 5.43 Å². The molecule has 0 atom stereocenters. The summed E-state index contributed by atoms with van der Waals surface area (Å²) in [7, 11) is 0. The van der Waals surface area contributed by atoms with E-state index in [1.165, 1.54) is 22.3 Å². The second-order valence-electron chi connectivity index (χ2n) is 11.5. The molecule has 2 aromatic carbocycles. The molecule has 1 spiro atoms. The summed E-state index contributed by atoms with van der Waals surface area (Å²) >= 11 is 0. The van der Waals surface area contributed by atoms with Crippen LogP contribution in [0, 0.1) is 5.41 Å². The Morgan fingerprint density at radius 1 is 1.00 bits per heavy atom. The first kappa shape index (κ1) is 25.1. The van der Waals surface area contributed by atoms with Gasteiger partial charge < -0.3 is 19.1 Å². The first-order chi connectivity index (χ1) is 17.3. The molecule has 0 aromatic heterocycles. The predicted octanol–water partition coefficient (Wildman–Crippen LogP) is 4.64. The quantitative estimate of drug-likeness (QED) is 0.655. The molecule has 0 aliphatic carbocycles. The van der Waals surface area contributed by atoms with Crippen LogP contribution in [-0.2, 0) is 22.4 Å². The van der Waals surface area contributed by atoms with Crippen LogP contribution < -0.4 is 10.2 Å². The van der Waals surface area contributed by atoms with Crippen molar-refractivity contribution < 1.29 is 19.0 Å². The van der Waals surface area contributed by atoms with E-state index in [4.69, 9.17) is 14.2 Å². The van der Waals surface area contributed by atoms with Gasteiger partial charge in [-0.15, -0.1) is 0 Å². The van der Waals surface area contributed by atoms with Crippen molar-refractivity contribution in [2.75, 3.05) is 46.0 Å². The van der Waals surface area contributed by atoms with Gasteiger partial charge in [0.2, 0.25) is 0 Å². The van der Waals surface area contributed by atoms with E-state index in [1.54, 1.807) is 0 Å². The molecular weight excluding hydrogens is 454 g/mol. The van der Waals surface area contributed by atoms with Gasteiger partial charge in [0.15, 0.2) is 0 Å². The van der Waals surface area contributed by atoms with Crippen LogP contribution in [-0.4, -0.2) is 67.6 Å². The number of benzene rings is 2. The van der Waals surface area contributed by atoms with Crippen LogP contribution in [0.4, 0.5) is 4.79 Å². The average Bonchev–Trinajstić information content (AvgIpc) is 3.23. The Morgan fingerprint density at radius 2 is 1.69 bits per heavy atom. The van der Waals surface area contributed by atoms with Gasteiger partial charge in [-0.05, 0) is 39.8 Å². The largest absolute Gasteiger partial charge is 0.487 e. The molecule has 2 fully saturated rings. The molecule has 7 nitrogen and oxygen atoms in total. The van der Waals surface area contributed by atoms with Gasteiger partial charge in [0, 0.05) is 52.0 Å². The number of rotatable bonds is 5. The Hall–Kier alpha value is -2.61. The highest BCUT2D eigenvalue weighted by atomic mass is 16.6. The number of morpholine rings is 1. The number of ether oxygens (including phenoxy) is 3. The van der Waals surface area contributed by atoms with Gasteiger partial charge >= 0.3 is 6.09 Å². The number of carbonyl (C=O) groups excluding carboxylic acids is 1. The lowest BCUT2D eigenvalue weighted by Gasteiger charge is -2.38. The summed E-state index contributed by atoms with van der Waals surface area (Å²) in [6.45, 7) is 12.2. The molecule has 0 saturated carbocycles. The Bertz CT molecular complexity index is 1050. The van der Waals surface area contributed by atoms with Crippen molar-refractivity contribution in [2.24, 2.45) is 5.41 Å². The highest BCUT2D eigenvalue weighted by molar-refractivity contribution is 5.68. The van der Waals surface area contributed by atoms with Crippen LogP contribution >= 0.6 is 0 Å². The summed E-state index contributed by atoms with van der Waals surface area (Å²) in [4.78, 5) is 14.3. The first-order valence-electron chi connectivity index (χ1n) is 13.2. The minimum absolute atomic E-state index is 0.0271. The summed E-state index contributed by atoms with van der Waals surface area (Å²) in [6, 6.07) is 15.3. The molecule has 194 valence electrons. The summed E-state index contributed by atoms with van der Waals surface area (Å²) in [5.74, 6) is 0.980. The molecular formula is C29H39N3O4. The molecule has 0 unspecified atom stereocenters. The van der Waals surface area contributed by atoms with Crippen molar-refractivity contribution in [2.45, 2.75) is 52.2 Å². The van der Waals surface area contributed by atoms with Crippen molar-refractivity contribution in [3.05, 3.63) is 53.6 Å². The maximum atomic E-state index is 12.5. The van der Waals surface area contributed by atoms with Gasteiger partial charge in [-0.2, -0.15) is 0 Å². The fourth-order valence-electron chi connectivity index (χ4n) is 5.10. The lowest BCUT2D eigenvalue weighted by Crippen LogP contribution is -2.49. The third kappa shape index (κ3) is 6.02. The van der Waals surface area contributed by atoms with Crippen molar-refractivity contribution >= 4 is 6.09 Å². The minimum Gasteiger partial charge on any atom is -0.487 e. The molecule has 1 amide bonds. The monoisotopic (exact) mass is 493 g/mol. The molecule has 0 radical (unpaired) electrons. The normalized spacial score (nSPS) is 19.7. The van der Waals surface area contributed by atoms with Gasteiger partial charge in [0.25, 0.3) is 0 Å². The van der Waals surface area contributed by atoms with Gasteiger partial charge in [-0.25, -0.2) is 9.80 Å². The summed E-state index contributed by atoms with van der Waals surface area (Å²) in [5.41, 5.74) is 8.20. The van der Waals surface area contributed by atoms with Crippen molar-refractivity contribution in [3.63, 3.8) is 0 Å². The third-order valence-electron chi connectivity index (χ3n) is 7.27. The second kappa shape index (κ2) is 10.4. The molecule has 0 bridgehead atoms. The van der Waals surface area contributed by atoms with Crippen molar-refractivity contribution in [3.8, 4) is 16.9 Å². The van der Waals surface area contributed by atoms with Crippen LogP contribution in [0.15, 0.2) is 42.5 Å². The van der Waals surface area contributed by atoms with E-state index in [9.17, 15) is 4.79 Å². The lowest BCUT2D eigenvalue weighted by atomic mass is 9.86. The highest BCUT2D eigenvalue weighted by Gasteiger charge is 2.43. The molecule has 1 N–H and O–H groups in total. The van der Waals surface area contributed by atoms with Crippen LogP contribution in [0.1, 0.15) is 44.7 Å². The van der Waals surface area contributed by atoms with Gasteiger partial charge in [0.1, 0.15) is 11.4 Å². The fraction of sp³-hybridized carbons (Fsp3) is 0.552. The first-order valence-corrected chi connectivity index (χ1v) is 13.2. The molecule has 3 aliphatic rings. The smallest absolute Gasteiger partial charge is 0.409 e. The number of amides is 1.